The molecule has 8 heteroatoms. The lowest BCUT2D eigenvalue weighted by Gasteiger charge is -2.30. The van der Waals surface area contributed by atoms with Crippen molar-refractivity contribution in [3.63, 3.8) is 0 Å². The molecule has 1 aliphatic rings. The second kappa shape index (κ2) is 6.79. The highest BCUT2D eigenvalue weighted by atomic mass is 16.2. The number of hydrogen-bond donors (Lipinski definition) is 0. The molecule has 0 fully saturated rings. The lowest BCUT2D eigenvalue weighted by molar-refractivity contribution is 0.0722. The van der Waals surface area contributed by atoms with Crippen molar-refractivity contribution >= 4 is 11.7 Å². The number of anilines is 1. The van der Waals surface area contributed by atoms with Crippen molar-refractivity contribution in [2.24, 2.45) is 7.05 Å². The van der Waals surface area contributed by atoms with Crippen molar-refractivity contribution in [3.05, 3.63) is 54.0 Å². The van der Waals surface area contributed by atoms with E-state index in [1.54, 1.807) is 29.5 Å². The molecule has 0 saturated heterocycles. The van der Waals surface area contributed by atoms with Crippen molar-refractivity contribution < 1.29 is 4.79 Å². The van der Waals surface area contributed by atoms with Crippen LogP contribution in [0, 0.1) is 0 Å². The van der Waals surface area contributed by atoms with Crippen molar-refractivity contribution in [3.8, 4) is 11.4 Å². The van der Waals surface area contributed by atoms with Crippen molar-refractivity contribution in [1.82, 2.24) is 29.4 Å². The summed E-state index contributed by atoms with van der Waals surface area (Å²) in [5.74, 6) is 1.52. The van der Waals surface area contributed by atoms with Crippen LogP contribution in [0.15, 0.2) is 37.1 Å². The highest BCUT2D eigenvalue weighted by molar-refractivity contribution is 5.92. The molecule has 3 aromatic rings. The summed E-state index contributed by atoms with van der Waals surface area (Å²) in [5.41, 5.74) is 3.48. The van der Waals surface area contributed by atoms with Crippen LogP contribution in [-0.4, -0.2) is 56.0 Å². The quantitative estimate of drug-likeness (QED) is 0.702. The number of hydrogen-bond acceptors (Lipinski definition) is 6. The average molecular weight is 363 g/mol. The van der Waals surface area contributed by atoms with Gasteiger partial charge in [0.1, 0.15) is 11.5 Å². The van der Waals surface area contributed by atoms with Gasteiger partial charge in [0, 0.05) is 51.2 Å². The maximum atomic E-state index is 12.9. The fourth-order valence-corrected chi connectivity index (χ4v) is 3.31. The van der Waals surface area contributed by atoms with Gasteiger partial charge in [0.2, 0.25) is 0 Å². The highest BCUT2D eigenvalue weighted by Gasteiger charge is 2.28. The SMILES string of the molecule is CN(C)c1nc(-c2ccncc2)nc2c1CCN(C(=O)c1cncn1C)C2. The smallest absolute Gasteiger partial charge is 0.272 e. The number of aromatic nitrogens is 5. The summed E-state index contributed by atoms with van der Waals surface area (Å²) in [6, 6.07) is 3.78. The van der Waals surface area contributed by atoms with Crippen molar-refractivity contribution in [1.29, 1.82) is 0 Å². The molecule has 3 aromatic heterocycles. The summed E-state index contributed by atoms with van der Waals surface area (Å²) in [6.45, 7) is 1.09. The normalized spacial score (nSPS) is 13.4. The molecule has 0 spiro atoms. The first-order valence-electron chi connectivity index (χ1n) is 8.77. The van der Waals surface area contributed by atoms with Crippen LogP contribution in [0.2, 0.25) is 0 Å². The second-order valence-electron chi connectivity index (χ2n) is 6.79. The first kappa shape index (κ1) is 17.1. The second-order valence-corrected chi connectivity index (χ2v) is 6.79. The molecule has 8 nitrogen and oxygen atoms in total. The van der Waals surface area contributed by atoms with E-state index in [-0.39, 0.29) is 5.91 Å². The number of pyridine rings is 1. The summed E-state index contributed by atoms with van der Waals surface area (Å²) in [5, 5.41) is 0. The lowest BCUT2D eigenvalue weighted by atomic mass is 10.0. The third-order valence-electron chi connectivity index (χ3n) is 4.73. The van der Waals surface area contributed by atoms with Gasteiger partial charge in [-0.25, -0.2) is 15.0 Å². The number of imidazole rings is 1. The zero-order chi connectivity index (χ0) is 19.0. The van der Waals surface area contributed by atoms with Crippen LogP contribution in [0.25, 0.3) is 11.4 Å². The molecule has 1 amide bonds. The van der Waals surface area contributed by atoms with Gasteiger partial charge in [-0.1, -0.05) is 0 Å². The highest BCUT2D eigenvalue weighted by Crippen LogP contribution is 2.28. The molecular weight excluding hydrogens is 342 g/mol. The molecule has 1 aliphatic heterocycles. The Morgan fingerprint density at radius 1 is 1.15 bits per heavy atom. The molecule has 0 unspecified atom stereocenters. The van der Waals surface area contributed by atoms with Gasteiger partial charge in [-0.3, -0.25) is 9.78 Å². The molecule has 0 saturated carbocycles. The summed E-state index contributed by atoms with van der Waals surface area (Å²) in [7, 11) is 5.78. The van der Waals surface area contributed by atoms with Gasteiger partial charge in [0.25, 0.3) is 5.91 Å². The Balaban J connectivity index is 1.72. The number of rotatable bonds is 3. The fraction of sp³-hybridized carbons (Fsp3) is 0.316. The Hall–Kier alpha value is -3.29. The number of carbonyl (C=O) groups excluding carboxylic acids is 1. The molecule has 0 atom stereocenters. The number of nitrogens with zero attached hydrogens (tertiary/aromatic N) is 7. The number of aryl methyl sites for hydroxylation is 1. The fourth-order valence-electron chi connectivity index (χ4n) is 3.31. The van der Waals surface area contributed by atoms with E-state index < -0.39 is 0 Å². The van der Waals surface area contributed by atoms with Crippen LogP contribution in [0.3, 0.4) is 0 Å². The first-order valence-corrected chi connectivity index (χ1v) is 8.77. The molecule has 4 rings (SSSR count). The van der Waals surface area contributed by atoms with Crippen molar-refractivity contribution in [2.75, 3.05) is 25.5 Å². The molecule has 138 valence electrons. The van der Waals surface area contributed by atoms with E-state index in [9.17, 15) is 4.79 Å². The van der Waals surface area contributed by atoms with Gasteiger partial charge in [0.15, 0.2) is 5.82 Å². The third-order valence-corrected chi connectivity index (χ3v) is 4.73. The van der Waals surface area contributed by atoms with Gasteiger partial charge in [0.05, 0.1) is 24.8 Å². The summed E-state index contributed by atoms with van der Waals surface area (Å²) < 4.78 is 1.74. The molecular formula is C19H21N7O. The number of fused-ring (bicyclic) bond motifs is 1. The molecule has 27 heavy (non-hydrogen) atoms. The monoisotopic (exact) mass is 363 g/mol. The molecule has 0 N–H and O–H groups in total. The molecule has 0 bridgehead atoms. The topological polar surface area (TPSA) is 80.0 Å². The Labute approximate surface area is 157 Å². The average Bonchev–Trinajstić information content (AvgIpc) is 3.12. The van der Waals surface area contributed by atoms with Gasteiger partial charge >= 0.3 is 0 Å². The maximum absolute atomic E-state index is 12.9. The van der Waals surface area contributed by atoms with E-state index in [0.717, 1.165) is 29.1 Å². The minimum absolute atomic E-state index is 0.0314. The van der Waals surface area contributed by atoms with Gasteiger partial charge in [-0.15, -0.1) is 0 Å². The molecule has 4 heterocycles. The van der Waals surface area contributed by atoms with Crippen LogP contribution < -0.4 is 4.90 Å². The van der Waals surface area contributed by atoms with E-state index in [1.807, 2.05) is 43.1 Å². The molecule has 0 radical (unpaired) electrons. The Morgan fingerprint density at radius 3 is 2.59 bits per heavy atom. The van der Waals surface area contributed by atoms with Gasteiger partial charge in [-0.2, -0.15) is 0 Å². The van der Waals surface area contributed by atoms with Crippen molar-refractivity contribution in [2.45, 2.75) is 13.0 Å². The Bertz CT molecular complexity index is 981. The largest absolute Gasteiger partial charge is 0.362 e. The predicted octanol–water partition coefficient (Wildman–Crippen LogP) is 1.54. The zero-order valence-corrected chi connectivity index (χ0v) is 15.6. The van der Waals surface area contributed by atoms with Gasteiger partial charge < -0.3 is 14.4 Å². The number of amides is 1. The van der Waals surface area contributed by atoms with E-state index in [2.05, 4.69) is 9.97 Å². The van der Waals surface area contributed by atoms with Crippen LogP contribution >= 0.6 is 0 Å². The van der Waals surface area contributed by atoms with Crippen LogP contribution in [-0.2, 0) is 20.0 Å². The molecule has 0 aromatic carbocycles. The minimum Gasteiger partial charge on any atom is -0.362 e. The first-order chi connectivity index (χ1) is 13.0. The summed E-state index contributed by atoms with van der Waals surface area (Å²) in [4.78, 5) is 34.3. The maximum Gasteiger partial charge on any atom is 0.272 e. The van der Waals surface area contributed by atoms with Crippen LogP contribution in [0.4, 0.5) is 5.82 Å². The Morgan fingerprint density at radius 2 is 1.93 bits per heavy atom. The third kappa shape index (κ3) is 3.14. The van der Waals surface area contributed by atoms with E-state index in [4.69, 9.17) is 9.97 Å². The van der Waals surface area contributed by atoms with Crippen LogP contribution in [0.1, 0.15) is 21.7 Å². The molecule has 0 aliphatic carbocycles. The lowest BCUT2D eigenvalue weighted by Crippen LogP contribution is -2.38. The minimum atomic E-state index is -0.0314. The Kier molecular flexibility index (Phi) is 4.31. The number of carbonyl (C=O) groups is 1. The standard InChI is InChI=1S/C19H21N7O/c1-24(2)18-14-6-9-26(19(27)16-10-21-12-25(16)3)11-15(14)22-17(23-18)13-4-7-20-8-5-13/h4-5,7-8,10,12H,6,9,11H2,1-3H3. The van der Waals surface area contributed by atoms with E-state index in [1.165, 1.54) is 0 Å². The van der Waals surface area contributed by atoms with E-state index in [0.29, 0.717) is 24.6 Å². The van der Waals surface area contributed by atoms with E-state index >= 15 is 0 Å². The zero-order valence-electron chi connectivity index (χ0n) is 15.6. The predicted molar refractivity (Wildman–Crippen MR) is 101 cm³/mol. The van der Waals surface area contributed by atoms with Crippen LogP contribution in [0.5, 0.6) is 0 Å². The summed E-state index contributed by atoms with van der Waals surface area (Å²) in [6.07, 6.45) is 7.42. The van der Waals surface area contributed by atoms with Gasteiger partial charge in [-0.05, 0) is 18.6 Å². The summed E-state index contributed by atoms with van der Waals surface area (Å²) >= 11 is 0.